The Kier molecular flexibility index (Phi) is 3.50. The fourth-order valence-corrected chi connectivity index (χ4v) is 3.00. The number of hydrogen-bond donors (Lipinski definition) is 1. The Bertz CT molecular complexity index is 464. The zero-order chi connectivity index (χ0) is 13.2. The highest BCUT2D eigenvalue weighted by molar-refractivity contribution is 5.78. The van der Waals surface area contributed by atoms with Crippen molar-refractivity contribution in [1.82, 2.24) is 25.0 Å². The number of rotatable bonds is 3. The lowest BCUT2D eigenvalue weighted by Crippen LogP contribution is -2.39. The highest BCUT2D eigenvalue weighted by atomic mass is 16.2. The molecule has 2 aliphatic heterocycles. The average Bonchev–Trinajstić information content (AvgIpc) is 3.04. The van der Waals surface area contributed by atoms with Crippen molar-refractivity contribution in [2.45, 2.75) is 38.8 Å². The molecule has 0 aromatic carbocycles. The highest BCUT2D eigenvalue weighted by Gasteiger charge is 2.26. The molecule has 2 aliphatic rings. The Hall–Kier alpha value is -1.43. The number of aromatic nitrogens is 3. The van der Waals surface area contributed by atoms with Gasteiger partial charge in [0.2, 0.25) is 5.91 Å². The van der Waals surface area contributed by atoms with Gasteiger partial charge >= 0.3 is 0 Å². The van der Waals surface area contributed by atoms with Crippen molar-refractivity contribution in [2.24, 2.45) is 5.92 Å². The van der Waals surface area contributed by atoms with E-state index in [4.69, 9.17) is 0 Å². The van der Waals surface area contributed by atoms with Crippen LogP contribution in [0.1, 0.15) is 30.9 Å². The monoisotopic (exact) mass is 263 g/mol. The predicted octanol–water partition coefficient (Wildman–Crippen LogP) is 0.182. The third-order valence-corrected chi connectivity index (χ3v) is 4.13. The minimum Gasteiger partial charge on any atom is -0.338 e. The number of fused-ring (bicyclic) bond motifs is 1. The van der Waals surface area contributed by atoms with Crippen molar-refractivity contribution in [1.29, 1.82) is 0 Å². The summed E-state index contributed by atoms with van der Waals surface area (Å²) < 4.78 is 2.16. The molecular formula is C13H21N5O. The standard InChI is InChI=1S/C13H21N5O/c1-17(13(19)10-4-6-14-7-5-10)9-12-16-15-11-3-2-8-18(11)12/h10,14H,2-9H2,1H3. The SMILES string of the molecule is CN(Cc1nnc2n1CCC2)C(=O)C1CCNCC1. The Labute approximate surface area is 113 Å². The number of aryl methyl sites for hydroxylation is 1. The first-order valence-electron chi connectivity index (χ1n) is 7.12. The molecule has 3 heterocycles. The summed E-state index contributed by atoms with van der Waals surface area (Å²) in [7, 11) is 1.88. The number of amides is 1. The smallest absolute Gasteiger partial charge is 0.225 e. The van der Waals surface area contributed by atoms with E-state index in [1.165, 1.54) is 0 Å². The van der Waals surface area contributed by atoms with Crippen LogP contribution < -0.4 is 5.32 Å². The van der Waals surface area contributed by atoms with Crippen molar-refractivity contribution in [3.8, 4) is 0 Å². The van der Waals surface area contributed by atoms with E-state index in [0.717, 1.165) is 57.0 Å². The zero-order valence-corrected chi connectivity index (χ0v) is 11.4. The molecular weight excluding hydrogens is 242 g/mol. The van der Waals surface area contributed by atoms with Crippen LogP contribution >= 0.6 is 0 Å². The van der Waals surface area contributed by atoms with E-state index in [1.807, 2.05) is 11.9 Å². The van der Waals surface area contributed by atoms with Gasteiger partial charge in [0.25, 0.3) is 0 Å². The largest absolute Gasteiger partial charge is 0.338 e. The fraction of sp³-hybridized carbons (Fsp3) is 0.769. The summed E-state index contributed by atoms with van der Waals surface area (Å²) in [5.41, 5.74) is 0. The van der Waals surface area contributed by atoms with Crippen LogP contribution in [0.15, 0.2) is 0 Å². The van der Waals surface area contributed by atoms with E-state index in [9.17, 15) is 4.79 Å². The van der Waals surface area contributed by atoms with Crippen LogP contribution in [0.4, 0.5) is 0 Å². The molecule has 6 nitrogen and oxygen atoms in total. The maximum atomic E-state index is 12.4. The third-order valence-electron chi connectivity index (χ3n) is 4.13. The summed E-state index contributed by atoms with van der Waals surface area (Å²) in [6.45, 7) is 3.47. The molecule has 1 amide bonds. The molecule has 1 aromatic rings. The molecule has 0 unspecified atom stereocenters. The Morgan fingerprint density at radius 2 is 2.21 bits per heavy atom. The summed E-state index contributed by atoms with van der Waals surface area (Å²) in [5, 5.41) is 11.7. The van der Waals surface area contributed by atoms with E-state index < -0.39 is 0 Å². The van der Waals surface area contributed by atoms with Crippen LogP contribution in [-0.4, -0.2) is 45.7 Å². The number of nitrogens with one attached hydrogen (secondary N) is 1. The summed E-state index contributed by atoms with van der Waals surface area (Å²) in [5.74, 6) is 2.42. The number of carbonyl (C=O) groups is 1. The molecule has 6 heteroatoms. The van der Waals surface area contributed by atoms with Crippen molar-refractivity contribution in [2.75, 3.05) is 20.1 Å². The van der Waals surface area contributed by atoms with Crippen LogP contribution in [0.25, 0.3) is 0 Å². The third kappa shape index (κ3) is 2.49. The normalized spacial score (nSPS) is 19.4. The molecule has 1 saturated heterocycles. The van der Waals surface area contributed by atoms with Crippen LogP contribution in [0.2, 0.25) is 0 Å². The molecule has 104 valence electrons. The first-order valence-corrected chi connectivity index (χ1v) is 7.12. The van der Waals surface area contributed by atoms with Crippen molar-refractivity contribution >= 4 is 5.91 Å². The van der Waals surface area contributed by atoms with Crippen molar-refractivity contribution < 1.29 is 4.79 Å². The molecule has 0 radical (unpaired) electrons. The minimum atomic E-state index is 0.173. The second kappa shape index (κ2) is 5.28. The first kappa shape index (κ1) is 12.6. The lowest BCUT2D eigenvalue weighted by molar-refractivity contribution is -0.135. The molecule has 0 bridgehead atoms. The summed E-state index contributed by atoms with van der Waals surface area (Å²) in [4.78, 5) is 14.2. The molecule has 0 spiro atoms. The van der Waals surface area contributed by atoms with Crippen LogP contribution in [0, 0.1) is 5.92 Å². The Morgan fingerprint density at radius 3 is 3.00 bits per heavy atom. The maximum absolute atomic E-state index is 12.4. The zero-order valence-electron chi connectivity index (χ0n) is 11.4. The molecule has 0 atom stereocenters. The number of nitrogens with zero attached hydrogens (tertiary/aromatic N) is 4. The van der Waals surface area contributed by atoms with Gasteiger partial charge < -0.3 is 14.8 Å². The van der Waals surface area contributed by atoms with Crippen LogP contribution in [0.3, 0.4) is 0 Å². The highest BCUT2D eigenvalue weighted by Crippen LogP contribution is 2.18. The van der Waals surface area contributed by atoms with E-state index in [-0.39, 0.29) is 11.8 Å². The van der Waals surface area contributed by atoms with Gasteiger partial charge in [0, 0.05) is 25.9 Å². The van der Waals surface area contributed by atoms with Gasteiger partial charge in [-0.25, -0.2) is 0 Å². The van der Waals surface area contributed by atoms with Crippen molar-refractivity contribution in [3.63, 3.8) is 0 Å². The van der Waals surface area contributed by atoms with E-state index >= 15 is 0 Å². The lowest BCUT2D eigenvalue weighted by atomic mass is 9.97. The predicted molar refractivity (Wildman–Crippen MR) is 70.4 cm³/mol. The Morgan fingerprint density at radius 1 is 1.42 bits per heavy atom. The molecule has 0 aliphatic carbocycles. The fourth-order valence-electron chi connectivity index (χ4n) is 3.00. The quantitative estimate of drug-likeness (QED) is 0.845. The van der Waals surface area contributed by atoms with Crippen LogP contribution in [0.5, 0.6) is 0 Å². The van der Waals surface area contributed by atoms with Gasteiger partial charge in [-0.1, -0.05) is 0 Å². The van der Waals surface area contributed by atoms with Gasteiger partial charge in [-0.05, 0) is 32.4 Å². The Balaban J connectivity index is 1.63. The van der Waals surface area contributed by atoms with Gasteiger partial charge in [-0.3, -0.25) is 4.79 Å². The molecule has 1 fully saturated rings. The molecule has 0 saturated carbocycles. The number of hydrogen-bond acceptors (Lipinski definition) is 4. The second-order valence-electron chi connectivity index (χ2n) is 5.51. The van der Waals surface area contributed by atoms with Gasteiger partial charge in [-0.15, -0.1) is 10.2 Å². The number of piperidine rings is 1. The van der Waals surface area contributed by atoms with Crippen molar-refractivity contribution in [3.05, 3.63) is 11.6 Å². The maximum Gasteiger partial charge on any atom is 0.225 e. The summed E-state index contributed by atoms with van der Waals surface area (Å²) in [6.07, 6.45) is 4.05. The van der Waals surface area contributed by atoms with Gasteiger partial charge in [0.1, 0.15) is 5.82 Å². The summed E-state index contributed by atoms with van der Waals surface area (Å²) in [6, 6.07) is 0. The minimum absolute atomic E-state index is 0.173. The van der Waals surface area contributed by atoms with E-state index in [2.05, 4.69) is 20.1 Å². The molecule has 1 N–H and O–H groups in total. The molecule has 3 rings (SSSR count). The molecule has 19 heavy (non-hydrogen) atoms. The van der Waals surface area contributed by atoms with Gasteiger partial charge in [-0.2, -0.15) is 0 Å². The lowest BCUT2D eigenvalue weighted by Gasteiger charge is -2.26. The topological polar surface area (TPSA) is 63.1 Å². The first-order chi connectivity index (χ1) is 9.25. The average molecular weight is 263 g/mol. The second-order valence-corrected chi connectivity index (χ2v) is 5.51. The van der Waals surface area contributed by atoms with Crippen LogP contribution in [-0.2, 0) is 24.3 Å². The van der Waals surface area contributed by atoms with E-state index in [1.54, 1.807) is 0 Å². The van der Waals surface area contributed by atoms with Gasteiger partial charge in [0.05, 0.1) is 6.54 Å². The van der Waals surface area contributed by atoms with E-state index in [0.29, 0.717) is 6.54 Å². The molecule has 1 aromatic heterocycles. The number of carbonyl (C=O) groups excluding carboxylic acids is 1. The van der Waals surface area contributed by atoms with Gasteiger partial charge in [0.15, 0.2) is 5.82 Å². The summed E-state index contributed by atoms with van der Waals surface area (Å²) >= 11 is 0.